The van der Waals surface area contributed by atoms with Gasteiger partial charge in [-0.2, -0.15) is 0 Å². The average molecular weight is 301 g/mol. The predicted octanol–water partition coefficient (Wildman–Crippen LogP) is 4.15. The summed E-state index contributed by atoms with van der Waals surface area (Å²) in [5.41, 5.74) is 5.40. The van der Waals surface area contributed by atoms with Gasteiger partial charge in [-0.1, -0.05) is 23.7 Å². The molecule has 3 nitrogen and oxygen atoms in total. The van der Waals surface area contributed by atoms with Gasteiger partial charge in [0.1, 0.15) is 0 Å². The highest BCUT2D eigenvalue weighted by Gasteiger charge is 2.14. The molecule has 1 aliphatic heterocycles. The summed E-state index contributed by atoms with van der Waals surface area (Å²) < 4.78 is 0. The van der Waals surface area contributed by atoms with E-state index in [0.29, 0.717) is 6.42 Å². The van der Waals surface area contributed by atoms with Crippen LogP contribution >= 0.6 is 11.6 Å². The van der Waals surface area contributed by atoms with Crippen LogP contribution in [0, 0.1) is 6.92 Å². The first-order chi connectivity index (χ1) is 10.1. The number of benzene rings is 2. The van der Waals surface area contributed by atoms with Gasteiger partial charge >= 0.3 is 0 Å². The molecule has 0 aromatic heterocycles. The molecule has 21 heavy (non-hydrogen) atoms. The third-order valence-corrected chi connectivity index (χ3v) is 4.14. The van der Waals surface area contributed by atoms with Crippen LogP contribution in [0.25, 0.3) is 0 Å². The fourth-order valence-electron chi connectivity index (χ4n) is 2.44. The van der Waals surface area contributed by atoms with Gasteiger partial charge in [0.05, 0.1) is 0 Å². The highest BCUT2D eigenvalue weighted by molar-refractivity contribution is 6.31. The number of hydrogen-bond donors (Lipinski definition) is 2. The minimum absolute atomic E-state index is 0.0949. The lowest BCUT2D eigenvalue weighted by Gasteiger charge is -2.18. The highest BCUT2D eigenvalue weighted by Crippen LogP contribution is 2.26. The molecule has 0 bridgehead atoms. The van der Waals surface area contributed by atoms with Gasteiger partial charge in [0.25, 0.3) is 0 Å². The number of hydrogen-bond acceptors (Lipinski definition) is 2. The number of amides is 1. The van der Waals surface area contributed by atoms with Gasteiger partial charge in [-0.25, -0.2) is 0 Å². The van der Waals surface area contributed by atoms with Crippen LogP contribution in [0.1, 0.15) is 23.1 Å². The molecule has 0 spiro atoms. The maximum Gasteiger partial charge on any atom is 0.224 e. The predicted molar refractivity (Wildman–Crippen MR) is 86.9 cm³/mol. The first-order valence-corrected chi connectivity index (χ1v) is 7.41. The number of carbonyl (C=O) groups is 1. The van der Waals surface area contributed by atoms with Crippen LogP contribution in [-0.4, -0.2) is 5.91 Å². The maximum absolute atomic E-state index is 11.3. The zero-order valence-corrected chi connectivity index (χ0v) is 12.6. The minimum Gasteiger partial charge on any atom is -0.381 e. The highest BCUT2D eigenvalue weighted by atomic mass is 35.5. The van der Waals surface area contributed by atoms with Crippen LogP contribution in [0.2, 0.25) is 5.02 Å². The van der Waals surface area contributed by atoms with E-state index in [0.717, 1.165) is 40.5 Å². The Balaban J connectivity index is 1.71. The zero-order valence-electron chi connectivity index (χ0n) is 11.9. The summed E-state index contributed by atoms with van der Waals surface area (Å²) in [6.45, 7) is 2.72. The van der Waals surface area contributed by atoms with E-state index in [9.17, 15) is 4.79 Å². The molecule has 0 atom stereocenters. The molecule has 1 heterocycles. The van der Waals surface area contributed by atoms with E-state index >= 15 is 0 Å². The number of rotatable bonds is 3. The lowest BCUT2D eigenvalue weighted by atomic mass is 10.0. The molecule has 108 valence electrons. The Labute approximate surface area is 129 Å². The Morgan fingerprint density at radius 3 is 2.86 bits per heavy atom. The molecule has 0 aliphatic carbocycles. The first-order valence-electron chi connectivity index (χ1n) is 7.03. The van der Waals surface area contributed by atoms with Crippen molar-refractivity contribution >= 4 is 28.9 Å². The van der Waals surface area contributed by atoms with Gasteiger partial charge < -0.3 is 10.6 Å². The molecule has 1 amide bonds. The summed E-state index contributed by atoms with van der Waals surface area (Å²) in [6.07, 6.45) is 1.36. The third-order valence-electron chi connectivity index (χ3n) is 3.73. The number of anilines is 2. The van der Waals surface area contributed by atoms with Crippen molar-refractivity contribution in [2.24, 2.45) is 0 Å². The van der Waals surface area contributed by atoms with Crippen LogP contribution < -0.4 is 10.6 Å². The summed E-state index contributed by atoms with van der Waals surface area (Å²) >= 11 is 6.14. The fourth-order valence-corrected chi connectivity index (χ4v) is 2.65. The Morgan fingerprint density at radius 2 is 2.05 bits per heavy atom. The molecule has 1 aliphatic rings. The molecule has 2 N–H and O–H groups in total. The van der Waals surface area contributed by atoms with Crippen molar-refractivity contribution in [3.63, 3.8) is 0 Å². The van der Waals surface area contributed by atoms with E-state index in [1.807, 2.05) is 31.2 Å². The number of carbonyl (C=O) groups excluding carboxylic acids is 1. The summed E-state index contributed by atoms with van der Waals surface area (Å²) in [7, 11) is 0. The molecular weight excluding hydrogens is 284 g/mol. The molecule has 3 rings (SSSR count). The van der Waals surface area contributed by atoms with E-state index in [-0.39, 0.29) is 5.91 Å². The summed E-state index contributed by atoms with van der Waals surface area (Å²) in [5, 5.41) is 7.08. The van der Waals surface area contributed by atoms with Gasteiger partial charge in [-0.15, -0.1) is 0 Å². The van der Waals surface area contributed by atoms with Crippen molar-refractivity contribution in [3.05, 3.63) is 58.1 Å². The second kappa shape index (κ2) is 5.78. The maximum atomic E-state index is 11.3. The first kappa shape index (κ1) is 14.0. The molecule has 2 aromatic rings. The number of fused-ring (bicyclic) bond motifs is 1. The number of aryl methyl sites for hydroxylation is 2. The molecular formula is C17H17ClN2O. The van der Waals surface area contributed by atoms with Crippen molar-refractivity contribution in [2.75, 3.05) is 10.6 Å². The van der Waals surface area contributed by atoms with Crippen molar-refractivity contribution < 1.29 is 4.79 Å². The number of halogens is 1. The largest absolute Gasteiger partial charge is 0.381 e. The lowest BCUT2D eigenvalue weighted by molar-refractivity contribution is -0.116. The minimum atomic E-state index is 0.0949. The lowest BCUT2D eigenvalue weighted by Crippen LogP contribution is -2.18. The second-order valence-corrected chi connectivity index (χ2v) is 5.76. The van der Waals surface area contributed by atoms with Gasteiger partial charge in [0.2, 0.25) is 5.91 Å². The summed E-state index contributed by atoms with van der Waals surface area (Å²) in [6, 6.07) is 12.1. The van der Waals surface area contributed by atoms with Crippen LogP contribution in [-0.2, 0) is 17.8 Å². The Kier molecular flexibility index (Phi) is 3.84. The Hall–Kier alpha value is -2.00. The molecule has 0 unspecified atom stereocenters. The Morgan fingerprint density at radius 1 is 1.19 bits per heavy atom. The summed E-state index contributed by atoms with van der Waals surface area (Å²) in [4.78, 5) is 11.3. The second-order valence-electron chi connectivity index (χ2n) is 5.36. The normalized spacial score (nSPS) is 13.5. The van der Waals surface area contributed by atoms with E-state index in [1.165, 1.54) is 5.56 Å². The van der Waals surface area contributed by atoms with Crippen molar-refractivity contribution in [2.45, 2.75) is 26.3 Å². The molecule has 4 heteroatoms. The van der Waals surface area contributed by atoms with Crippen molar-refractivity contribution in [1.82, 2.24) is 0 Å². The zero-order chi connectivity index (χ0) is 14.8. The number of nitrogens with one attached hydrogen (secondary N) is 2. The molecule has 0 fully saturated rings. The Bertz CT molecular complexity index is 697. The quantitative estimate of drug-likeness (QED) is 0.894. The molecule has 2 aromatic carbocycles. The van der Waals surface area contributed by atoms with E-state index in [2.05, 4.69) is 22.8 Å². The van der Waals surface area contributed by atoms with Gasteiger partial charge in [0, 0.05) is 29.4 Å². The van der Waals surface area contributed by atoms with Gasteiger partial charge in [-0.05, 0) is 54.3 Å². The smallest absolute Gasteiger partial charge is 0.224 e. The van der Waals surface area contributed by atoms with Gasteiger partial charge in [0.15, 0.2) is 0 Å². The van der Waals surface area contributed by atoms with Crippen molar-refractivity contribution in [1.29, 1.82) is 0 Å². The van der Waals surface area contributed by atoms with Gasteiger partial charge in [-0.3, -0.25) is 4.79 Å². The van der Waals surface area contributed by atoms with E-state index < -0.39 is 0 Å². The topological polar surface area (TPSA) is 41.1 Å². The monoisotopic (exact) mass is 300 g/mol. The standard InChI is InChI=1S/C17H17ClN2O/c1-11-2-3-12(8-15(11)18)10-19-14-5-6-16-13(9-14)4-7-17(21)20-16/h2-3,5-6,8-9,19H,4,7,10H2,1H3,(H,20,21). The fraction of sp³-hybridized carbons (Fsp3) is 0.235. The third kappa shape index (κ3) is 3.19. The van der Waals surface area contributed by atoms with Crippen molar-refractivity contribution in [3.8, 4) is 0 Å². The molecule has 0 radical (unpaired) electrons. The van der Waals surface area contributed by atoms with Crippen LogP contribution in [0.4, 0.5) is 11.4 Å². The summed E-state index contributed by atoms with van der Waals surface area (Å²) in [5.74, 6) is 0.0949. The van der Waals surface area contributed by atoms with Crippen LogP contribution in [0.3, 0.4) is 0 Å². The SMILES string of the molecule is Cc1ccc(CNc2ccc3c(c2)CCC(=O)N3)cc1Cl. The van der Waals surface area contributed by atoms with E-state index in [4.69, 9.17) is 11.6 Å². The molecule has 0 saturated carbocycles. The molecule has 0 saturated heterocycles. The van der Waals surface area contributed by atoms with Crippen LogP contribution in [0.5, 0.6) is 0 Å². The average Bonchev–Trinajstić information content (AvgIpc) is 2.48. The van der Waals surface area contributed by atoms with E-state index in [1.54, 1.807) is 0 Å². The van der Waals surface area contributed by atoms with Crippen LogP contribution in [0.15, 0.2) is 36.4 Å².